The van der Waals surface area contributed by atoms with Crippen LogP contribution in [0.3, 0.4) is 0 Å². The van der Waals surface area contributed by atoms with Crippen LogP contribution in [0.25, 0.3) is 21.8 Å². The van der Waals surface area contributed by atoms with Crippen molar-refractivity contribution in [2.45, 2.75) is 19.4 Å². The molecule has 0 fully saturated rings. The van der Waals surface area contributed by atoms with Gasteiger partial charge in [0.05, 0.1) is 33.5 Å². The third-order valence-electron chi connectivity index (χ3n) is 4.30. The molecule has 0 aliphatic carbocycles. The van der Waals surface area contributed by atoms with Gasteiger partial charge in [0.25, 0.3) is 11.1 Å². The molecule has 8 heteroatoms. The van der Waals surface area contributed by atoms with Crippen molar-refractivity contribution in [2.75, 3.05) is 0 Å². The lowest BCUT2D eigenvalue weighted by molar-refractivity contribution is -0.118. The van der Waals surface area contributed by atoms with Crippen molar-refractivity contribution in [1.29, 1.82) is 0 Å². The van der Waals surface area contributed by atoms with Gasteiger partial charge in [0.15, 0.2) is 6.29 Å². The minimum absolute atomic E-state index is 0.135. The number of aliphatic hydroxyl groups excluding tert-OH is 1. The molecule has 134 valence electrons. The number of aromatic nitrogens is 3. The van der Waals surface area contributed by atoms with Crippen molar-refractivity contribution >= 4 is 33.9 Å². The zero-order valence-electron chi connectivity index (χ0n) is 14.5. The maximum Gasteiger partial charge on any atom is 0.259 e. The molecule has 0 aliphatic heterocycles. The predicted molar refractivity (Wildman–Crippen MR) is 95.4 cm³/mol. The second-order valence-corrected chi connectivity index (χ2v) is 6.32. The largest absolute Gasteiger partial charge is 0.388 e. The summed E-state index contributed by atoms with van der Waals surface area (Å²) in [5.74, 6) is -0.220. The van der Waals surface area contributed by atoms with Crippen molar-refractivity contribution in [3.63, 3.8) is 0 Å². The van der Waals surface area contributed by atoms with E-state index in [9.17, 15) is 24.3 Å². The Morgan fingerprint density at radius 1 is 1.15 bits per heavy atom. The summed E-state index contributed by atoms with van der Waals surface area (Å²) in [4.78, 5) is 52.0. The number of fused-ring (bicyclic) bond motifs is 2. The molecule has 0 saturated carbocycles. The smallest absolute Gasteiger partial charge is 0.259 e. The summed E-state index contributed by atoms with van der Waals surface area (Å²) in [7, 11) is 3.01. The molecular weight excluding hydrogens is 338 g/mol. The normalized spacial score (nSPS) is 12.5. The monoisotopic (exact) mass is 355 g/mol. The van der Waals surface area contributed by atoms with E-state index >= 15 is 0 Å². The number of aliphatic hydroxyl groups is 1. The number of nitrogens with zero attached hydrogens (tertiary/aromatic N) is 3. The molecular formula is C18H17N3O5. The molecule has 0 aliphatic rings. The van der Waals surface area contributed by atoms with Crippen molar-refractivity contribution in [3.05, 3.63) is 50.3 Å². The molecule has 8 nitrogen and oxygen atoms in total. The second kappa shape index (κ2) is 6.30. The van der Waals surface area contributed by atoms with Crippen LogP contribution in [0.2, 0.25) is 0 Å². The zero-order chi connectivity index (χ0) is 19.2. The van der Waals surface area contributed by atoms with Crippen molar-refractivity contribution < 1.29 is 14.7 Å². The van der Waals surface area contributed by atoms with Gasteiger partial charge in [-0.2, -0.15) is 0 Å². The van der Waals surface area contributed by atoms with E-state index < -0.39 is 17.2 Å². The molecule has 0 spiro atoms. The molecule has 0 amide bonds. The summed E-state index contributed by atoms with van der Waals surface area (Å²) in [6, 6.07) is 1.39. The van der Waals surface area contributed by atoms with Gasteiger partial charge in [-0.25, -0.2) is 4.98 Å². The molecule has 26 heavy (non-hydrogen) atoms. The third-order valence-corrected chi connectivity index (χ3v) is 4.30. The highest BCUT2D eigenvalue weighted by Gasteiger charge is 2.20. The fourth-order valence-electron chi connectivity index (χ4n) is 3.03. The number of carbonyl (C=O) groups excluding carboxylic acids is 2. The first-order valence-corrected chi connectivity index (χ1v) is 7.91. The van der Waals surface area contributed by atoms with Crippen LogP contribution < -0.4 is 11.1 Å². The Kier molecular flexibility index (Phi) is 4.29. The van der Waals surface area contributed by atoms with Gasteiger partial charge < -0.3 is 14.2 Å². The summed E-state index contributed by atoms with van der Waals surface area (Å²) in [5, 5.41) is 10.7. The Morgan fingerprint density at radius 2 is 1.73 bits per heavy atom. The van der Waals surface area contributed by atoms with Gasteiger partial charge in [0.1, 0.15) is 5.78 Å². The fraction of sp³-hybridized carbons (Fsp3) is 0.278. The van der Waals surface area contributed by atoms with Crippen molar-refractivity contribution in [2.24, 2.45) is 14.1 Å². The molecule has 0 radical (unpaired) electrons. The van der Waals surface area contributed by atoms with Gasteiger partial charge in [-0.15, -0.1) is 0 Å². The maximum absolute atomic E-state index is 12.5. The average Bonchev–Trinajstić information content (AvgIpc) is 2.59. The van der Waals surface area contributed by atoms with Gasteiger partial charge >= 0.3 is 0 Å². The molecule has 0 aromatic carbocycles. The van der Waals surface area contributed by atoms with E-state index in [4.69, 9.17) is 0 Å². The van der Waals surface area contributed by atoms with Crippen LogP contribution in [0.15, 0.2) is 28.0 Å². The summed E-state index contributed by atoms with van der Waals surface area (Å²) in [6.07, 6.45) is 2.07. The first kappa shape index (κ1) is 17.7. The van der Waals surface area contributed by atoms with Gasteiger partial charge in [-0.05, 0) is 13.0 Å². The highest BCUT2D eigenvalue weighted by Crippen LogP contribution is 2.25. The number of hydrogen-bond acceptors (Lipinski definition) is 6. The Bertz CT molecular complexity index is 1190. The quantitative estimate of drug-likeness (QED) is 0.542. The molecule has 1 atom stereocenters. The molecule has 3 rings (SSSR count). The Hall–Kier alpha value is -3.13. The van der Waals surface area contributed by atoms with E-state index in [1.54, 1.807) is 0 Å². The SMILES string of the molecule is CC(=O)CC(O)c1cn(C)c(=O)c2cc3c(=O)n(C)cc(C=O)c3nc12. The van der Waals surface area contributed by atoms with Gasteiger partial charge in [0, 0.05) is 38.5 Å². The fourth-order valence-corrected chi connectivity index (χ4v) is 3.03. The average molecular weight is 355 g/mol. The van der Waals surface area contributed by atoms with Gasteiger partial charge in [-0.1, -0.05) is 0 Å². The van der Waals surface area contributed by atoms with Crippen LogP contribution in [-0.2, 0) is 18.9 Å². The molecule has 0 saturated heterocycles. The highest BCUT2D eigenvalue weighted by atomic mass is 16.3. The lowest BCUT2D eigenvalue weighted by Crippen LogP contribution is -2.22. The molecule has 0 bridgehead atoms. The third kappa shape index (κ3) is 2.74. The molecule has 3 aromatic heterocycles. The Balaban J connectivity index is 2.51. The van der Waals surface area contributed by atoms with Gasteiger partial charge in [-0.3, -0.25) is 19.2 Å². The van der Waals surface area contributed by atoms with Gasteiger partial charge in [0.2, 0.25) is 0 Å². The van der Waals surface area contributed by atoms with Crippen LogP contribution in [-0.4, -0.2) is 31.3 Å². The maximum atomic E-state index is 12.5. The summed E-state index contributed by atoms with van der Waals surface area (Å²) < 4.78 is 2.51. The summed E-state index contributed by atoms with van der Waals surface area (Å²) in [5.41, 5.74) is 0.0164. The van der Waals surface area contributed by atoms with Crippen LogP contribution in [0.1, 0.15) is 35.4 Å². The van der Waals surface area contributed by atoms with Crippen LogP contribution >= 0.6 is 0 Å². The Labute approximate surface area is 147 Å². The second-order valence-electron chi connectivity index (χ2n) is 6.32. The minimum Gasteiger partial charge on any atom is -0.388 e. The Morgan fingerprint density at radius 3 is 2.31 bits per heavy atom. The number of carbonyl (C=O) groups is 2. The highest BCUT2D eigenvalue weighted by molar-refractivity contribution is 6.00. The summed E-state index contributed by atoms with van der Waals surface area (Å²) in [6.45, 7) is 1.35. The zero-order valence-corrected chi connectivity index (χ0v) is 14.5. The van der Waals surface area contributed by atoms with Crippen molar-refractivity contribution in [1.82, 2.24) is 14.1 Å². The van der Waals surface area contributed by atoms with E-state index in [1.807, 2.05) is 0 Å². The lowest BCUT2D eigenvalue weighted by Gasteiger charge is -2.14. The number of rotatable bonds is 4. The van der Waals surface area contributed by atoms with E-state index in [0.717, 1.165) is 0 Å². The lowest BCUT2D eigenvalue weighted by atomic mass is 10.0. The molecule has 3 heterocycles. The molecule has 1 unspecified atom stereocenters. The number of Topliss-reactive ketones (excluding diaryl/α,β-unsaturated/α-hetero) is 1. The number of aryl methyl sites for hydroxylation is 2. The van der Waals surface area contributed by atoms with E-state index in [2.05, 4.69) is 4.98 Å². The standard InChI is InChI=1S/C18H17N3O5/c1-9(23)4-14(24)13-7-21(3)18(26)12-5-11-15(19-16(12)13)10(8-22)6-20(2)17(11)25/h5-8,14,24H,4H2,1-3H3. The molecule has 1 N–H and O–H groups in total. The van der Waals surface area contributed by atoms with E-state index in [-0.39, 0.29) is 45.1 Å². The predicted octanol–water partition coefficient (Wildman–Crippen LogP) is 0.610. The van der Waals surface area contributed by atoms with E-state index in [0.29, 0.717) is 6.29 Å². The number of hydrogen-bond donors (Lipinski definition) is 1. The topological polar surface area (TPSA) is 111 Å². The summed E-state index contributed by atoms with van der Waals surface area (Å²) >= 11 is 0. The van der Waals surface area contributed by atoms with Crippen molar-refractivity contribution in [3.8, 4) is 0 Å². The first-order chi connectivity index (χ1) is 12.2. The van der Waals surface area contributed by atoms with Crippen LogP contribution in [0.5, 0.6) is 0 Å². The number of ketones is 1. The number of pyridine rings is 3. The minimum atomic E-state index is -1.15. The van der Waals surface area contributed by atoms with Crippen LogP contribution in [0.4, 0.5) is 0 Å². The van der Waals surface area contributed by atoms with Crippen LogP contribution in [0, 0.1) is 0 Å². The first-order valence-electron chi connectivity index (χ1n) is 7.91. The van der Waals surface area contributed by atoms with E-state index in [1.165, 1.54) is 48.6 Å². The number of aldehydes is 1. The molecule has 3 aromatic rings.